The first-order valence-corrected chi connectivity index (χ1v) is 17.3. The first kappa shape index (κ1) is 36.8. The van der Waals surface area contributed by atoms with Gasteiger partial charge in [-0.1, -0.05) is 86.3 Å². The molecular weight excluding hydrogens is 526 g/mol. The van der Waals surface area contributed by atoms with Gasteiger partial charge in [0.25, 0.3) is 6.47 Å². The number of hydrogen-bond acceptors (Lipinski definition) is 4. The minimum atomic E-state index is -0.755. The summed E-state index contributed by atoms with van der Waals surface area (Å²) in [7, 11) is 0. The van der Waals surface area contributed by atoms with Crippen molar-refractivity contribution in [1.82, 2.24) is 4.90 Å². The van der Waals surface area contributed by atoms with Crippen LogP contribution in [0.2, 0.25) is 0 Å². The van der Waals surface area contributed by atoms with E-state index in [1.54, 1.807) is 5.57 Å². The summed E-state index contributed by atoms with van der Waals surface area (Å²) in [4.78, 5) is 21.4. The smallest absolute Gasteiger partial charge is 0.317 e. The first-order valence-electron chi connectivity index (χ1n) is 17.3. The highest BCUT2D eigenvalue weighted by molar-refractivity contribution is 5.69. The van der Waals surface area contributed by atoms with Crippen LogP contribution in [-0.2, 0) is 14.3 Å². The van der Waals surface area contributed by atoms with Crippen molar-refractivity contribution in [3.05, 3.63) is 11.6 Å². The molecule has 0 saturated heterocycles. The SMILES string of the molecule is CC.CCN(CCOC1CCC2(C)C(=CCC3C2CCC2(C)C3CCC2[C@H](C)CCCC(C)C)C1)CC(=O)O.O=CO. The molecule has 4 aliphatic rings. The monoisotopic (exact) mass is 591 g/mol. The molecular formula is C36H65NO5. The van der Waals surface area contributed by atoms with Crippen LogP contribution in [-0.4, -0.2) is 59.9 Å². The van der Waals surface area contributed by atoms with Gasteiger partial charge in [-0.3, -0.25) is 14.5 Å². The van der Waals surface area contributed by atoms with Gasteiger partial charge in [0.2, 0.25) is 0 Å². The average Bonchev–Trinajstić information content (AvgIpc) is 3.31. The third-order valence-corrected chi connectivity index (χ3v) is 11.8. The van der Waals surface area contributed by atoms with Crippen molar-refractivity contribution in [3.8, 4) is 0 Å². The third-order valence-electron chi connectivity index (χ3n) is 11.8. The topological polar surface area (TPSA) is 87.1 Å². The number of allylic oxidation sites excluding steroid dienone is 1. The van der Waals surface area contributed by atoms with Crippen molar-refractivity contribution < 1.29 is 24.5 Å². The Morgan fingerprint density at radius 2 is 1.79 bits per heavy atom. The summed E-state index contributed by atoms with van der Waals surface area (Å²) >= 11 is 0. The van der Waals surface area contributed by atoms with Gasteiger partial charge in [0.15, 0.2) is 0 Å². The summed E-state index contributed by atoms with van der Waals surface area (Å²) in [6.07, 6.45) is 17.8. The highest BCUT2D eigenvalue weighted by Gasteiger charge is 2.59. The summed E-state index contributed by atoms with van der Waals surface area (Å²) in [5.74, 6) is 4.54. The number of carbonyl (C=O) groups is 2. The van der Waals surface area contributed by atoms with E-state index in [4.69, 9.17) is 19.7 Å². The molecule has 4 rings (SSSR count). The summed E-state index contributed by atoms with van der Waals surface area (Å²) in [6, 6.07) is 0. The van der Waals surface area contributed by atoms with E-state index in [0.29, 0.717) is 30.1 Å². The van der Waals surface area contributed by atoms with Gasteiger partial charge in [0.1, 0.15) is 0 Å². The molecule has 0 heterocycles. The number of hydrogen-bond donors (Lipinski definition) is 2. The number of fused-ring (bicyclic) bond motifs is 5. The van der Waals surface area contributed by atoms with Crippen LogP contribution in [0.25, 0.3) is 0 Å². The van der Waals surface area contributed by atoms with Crippen LogP contribution in [0.5, 0.6) is 0 Å². The van der Waals surface area contributed by atoms with Gasteiger partial charge >= 0.3 is 5.97 Å². The van der Waals surface area contributed by atoms with E-state index in [9.17, 15) is 4.79 Å². The van der Waals surface area contributed by atoms with Gasteiger partial charge in [-0.05, 0) is 104 Å². The maximum Gasteiger partial charge on any atom is 0.317 e. The van der Waals surface area contributed by atoms with Crippen LogP contribution in [0, 0.1) is 46.3 Å². The van der Waals surface area contributed by atoms with Gasteiger partial charge in [0, 0.05) is 6.54 Å². The molecule has 6 nitrogen and oxygen atoms in total. The largest absolute Gasteiger partial charge is 0.483 e. The van der Waals surface area contributed by atoms with E-state index >= 15 is 0 Å². The van der Waals surface area contributed by atoms with Crippen LogP contribution in [0.3, 0.4) is 0 Å². The summed E-state index contributed by atoms with van der Waals surface area (Å²) in [5, 5.41) is 16.0. The van der Waals surface area contributed by atoms with E-state index in [1.807, 2.05) is 25.7 Å². The third kappa shape index (κ3) is 8.83. The molecule has 6 heteroatoms. The lowest BCUT2D eigenvalue weighted by molar-refractivity contribution is -0.138. The van der Waals surface area contributed by atoms with Gasteiger partial charge in [0.05, 0.1) is 19.3 Å². The Morgan fingerprint density at radius 1 is 1.10 bits per heavy atom. The molecule has 2 N–H and O–H groups in total. The summed E-state index contributed by atoms with van der Waals surface area (Å²) < 4.78 is 6.32. The molecule has 0 aromatic heterocycles. The number of nitrogens with zero attached hydrogens (tertiary/aromatic N) is 1. The van der Waals surface area contributed by atoms with Crippen molar-refractivity contribution in [2.75, 3.05) is 26.2 Å². The summed E-state index contributed by atoms with van der Waals surface area (Å²) in [5.41, 5.74) is 2.61. The van der Waals surface area contributed by atoms with Crippen molar-refractivity contribution in [3.63, 3.8) is 0 Å². The van der Waals surface area contributed by atoms with E-state index < -0.39 is 5.97 Å². The second-order valence-electron chi connectivity index (χ2n) is 14.4. The molecule has 0 amide bonds. The zero-order valence-corrected chi connectivity index (χ0v) is 28.4. The fourth-order valence-corrected chi connectivity index (χ4v) is 9.68. The molecule has 3 fully saturated rings. The molecule has 3 saturated carbocycles. The van der Waals surface area contributed by atoms with Crippen molar-refractivity contribution in [1.29, 1.82) is 0 Å². The van der Waals surface area contributed by atoms with Gasteiger partial charge in [-0.2, -0.15) is 0 Å². The lowest BCUT2D eigenvalue weighted by Gasteiger charge is -2.58. The normalized spacial score (nSPS) is 34.0. The Bertz CT molecular complexity index is 858. The average molecular weight is 592 g/mol. The van der Waals surface area contributed by atoms with Gasteiger partial charge in [-0.25, -0.2) is 0 Å². The number of ether oxygens (including phenoxy) is 1. The molecule has 42 heavy (non-hydrogen) atoms. The van der Waals surface area contributed by atoms with Crippen LogP contribution >= 0.6 is 0 Å². The Morgan fingerprint density at radius 3 is 2.40 bits per heavy atom. The van der Waals surface area contributed by atoms with Crippen molar-refractivity contribution in [2.24, 2.45) is 46.3 Å². The molecule has 0 aromatic carbocycles. The first-order chi connectivity index (χ1) is 20.0. The van der Waals surface area contributed by atoms with Crippen molar-refractivity contribution >= 4 is 12.4 Å². The second kappa shape index (κ2) is 17.2. The Hall–Kier alpha value is -1.40. The number of likely N-dealkylation sites (N-methyl/N-ethyl adjacent to an activating group) is 1. The van der Waals surface area contributed by atoms with Crippen LogP contribution in [0.4, 0.5) is 0 Å². The fourth-order valence-electron chi connectivity index (χ4n) is 9.68. The highest BCUT2D eigenvalue weighted by atomic mass is 16.5. The van der Waals surface area contributed by atoms with E-state index in [0.717, 1.165) is 54.9 Å². The van der Waals surface area contributed by atoms with Crippen LogP contribution < -0.4 is 0 Å². The maximum atomic E-state index is 11.1. The zero-order valence-electron chi connectivity index (χ0n) is 28.4. The Balaban J connectivity index is 0.00000116. The quantitative estimate of drug-likeness (QED) is 0.175. The molecule has 0 aromatic rings. The van der Waals surface area contributed by atoms with Gasteiger partial charge < -0.3 is 14.9 Å². The van der Waals surface area contributed by atoms with Gasteiger partial charge in [-0.15, -0.1) is 0 Å². The van der Waals surface area contributed by atoms with E-state index in [-0.39, 0.29) is 13.0 Å². The number of carboxylic acids is 1. The lowest BCUT2D eigenvalue weighted by Crippen LogP contribution is -2.51. The number of rotatable bonds is 12. The fraction of sp³-hybridized carbons (Fsp3) is 0.889. The molecule has 4 aliphatic carbocycles. The number of aliphatic carboxylic acids is 1. The van der Waals surface area contributed by atoms with Crippen LogP contribution in [0.15, 0.2) is 11.6 Å². The minimum Gasteiger partial charge on any atom is -0.483 e. The van der Waals surface area contributed by atoms with Crippen LogP contribution in [0.1, 0.15) is 126 Å². The van der Waals surface area contributed by atoms with E-state index in [2.05, 4.69) is 40.7 Å². The maximum absolute atomic E-state index is 11.1. The molecule has 0 radical (unpaired) electrons. The molecule has 8 atom stereocenters. The molecule has 0 spiro atoms. The molecule has 244 valence electrons. The minimum absolute atomic E-state index is 0.106. The molecule has 7 unspecified atom stereocenters. The predicted molar refractivity (Wildman–Crippen MR) is 173 cm³/mol. The lowest BCUT2D eigenvalue weighted by atomic mass is 9.47. The van der Waals surface area contributed by atoms with E-state index in [1.165, 1.54) is 57.8 Å². The summed E-state index contributed by atoms with van der Waals surface area (Å²) in [6.45, 7) is 20.6. The molecule has 0 aliphatic heterocycles. The highest BCUT2D eigenvalue weighted by Crippen LogP contribution is 2.67. The molecule has 0 bridgehead atoms. The Kier molecular flexibility index (Phi) is 15.1. The second-order valence-corrected chi connectivity index (χ2v) is 14.4. The standard InChI is InChI=1S/C33H57NO3.C2H6.CH2O2/c1-7-34(22-31(35)36)19-20-37-26-15-17-32(5)25(21-26)11-12-27-29-14-13-28(24(4)10-8-9-23(2)3)33(29,6)18-16-30(27)32;1-2;2-1-3/h11,23-24,26-30H,7-10,12-22H2,1-6H3,(H,35,36);1-2H3;1H,(H,2,3)/t24-,26?,27?,28?,29?,30?,32?,33?;;/m1../s1. The Labute approximate surface area is 258 Å². The van der Waals surface area contributed by atoms with Crippen molar-refractivity contribution in [2.45, 2.75) is 132 Å². The predicted octanol–water partition coefficient (Wildman–Crippen LogP) is 8.55. The number of carboxylic acid groups (broad SMARTS) is 2. The zero-order chi connectivity index (χ0) is 31.5.